The molecule has 1 fully saturated rings. The normalized spacial score (nSPS) is 18.4. The van der Waals surface area contributed by atoms with Gasteiger partial charge in [-0.15, -0.1) is 10.1 Å². The quantitative estimate of drug-likeness (QED) is 0.532. The number of methoxy groups -OCH3 is 1. The summed E-state index contributed by atoms with van der Waals surface area (Å²) >= 11 is 0. The van der Waals surface area contributed by atoms with E-state index in [9.17, 15) is 9.59 Å². The minimum absolute atomic E-state index is 0.283. The zero-order valence-corrected chi connectivity index (χ0v) is 19.4. The zero-order valence-electron chi connectivity index (χ0n) is 19.4. The van der Waals surface area contributed by atoms with E-state index in [1.54, 1.807) is 36.1 Å². The molecule has 2 atom stereocenters. The predicted molar refractivity (Wildman–Crippen MR) is 129 cm³/mol. The van der Waals surface area contributed by atoms with Crippen LogP contribution in [-0.4, -0.2) is 42.5 Å². The largest absolute Gasteiger partial charge is 0.497 e. The molecule has 1 heterocycles. The van der Waals surface area contributed by atoms with Gasteiger partial charge in [-0.3, -0.25) is 9.59 Å². The second kappa shape index (κ2) is 10.2. The number of carbonyl (C=O) groups excluding carboxylic acids is 2. The predicted octanol–water partition coefficient (Wildman–Crippen LogP) is 3.42. The summed E-state index contributed by atoms with van der Waals surface area (Å²) in [5.41, 5.74) is 6.27. The van der Waals surface area contributed by atoms with Crippen molar-refractivity contribution in [2.24, 2.45) is 0 Å². The van der Waals surface area contributed by atoms with Gasteiger partial charge < -0.3 is 14.8 Å². The Bertz CT molecular complexity index is 1190. The second-order valence-corrected chi connectivity index (χ2v) is 8.05. The Labute approximate surface area is 199 Å². The van der Waals surface area contributed by atoms with Crippen molar-refractivity contribution in [2.45, 2.75) is 25.9 Å². The highest BCUT2D eigenvalue weighted by Gasteiger charge is 2.47. The van der Waals surface area contributed by atoms with Crippen molar-refractivity contribution >= 4 is 18.0 Å². The molecule has 34 heavy (non-hydrogen) atoms. The average Bonchev–Trinajstić information content (AvgIpc) is 3.15. The summed E-state index contributed by atoms with van der Waals surface area (Å²) in [5.74, 6) is 0.825. The van der Waals surface area contributed by atoms with Crippen LogP contribution >= 0.6 is 0 Å². The summed E-state index contributed by atoms with van der Waals surface area (Å²) in [6, 6.07) is 21.1. The maximum atomic E-state index is 13.0. The van der Waals surface area contributed by atoms with Crippen molar-refractivity contribution in [3.8, 4) is 11.5 Å². The van der Waals surface area contributed by atoms with Crippen LogP contribution in [0.2, 0.25) is 0 Å². The molecule has 0 bridgehead atoms. The van der Waals surface area contributed by atoms with Gasteiger partial charge in [-0.2, -0.15) is 0 Å². The minimum Gasteiger partial charge on any atom is -0.497 e. The maximum Gasteiger partial charge on any atom is 0.304 e. The molecule has 0 aromatic heterocycles. The van der Waals surface area contributed by atoms with Gasteiger partial charge in [0.05, 0.1) is 13.7 Å². The van der Waals surface area contributed by atoms with Crippen molar-refractivity contribution in [1.82, 2.24) is 10.7 Å². The molecule has 1 saturated heterocycles. The number of carbonyl (C=O) groups is 2. The Balaban J connectivity index is 1.65. The van der Waals surface area contributed by atoms with Gasteiger partial charge in [-0.1, -0.05) is 29.8 Å². The van der Waals surface area contributed by atoms with E-state index in [2.05, 4.69) is 10.7 Å². The molecule has 7 nitrogen and oxygen atoms in total. The Kier molecular flexibility index (Phi) is 6.92. The number of nitrogens with one attached hydrogen (secondary N) is 2. The van der Waals surface area contributed by atoms with E-state index < -0.39 is 12.1 Å². The summed E-state index contributed by atoms with van der Waals surface area (Å²) < 4.78 is 12.4. The molecule has 174 valence electrons. The Morgan fingerprint density at radius 1 is 1.00 bits per heavy atom. The number of hydrazine groups is 1. The third-order valence-corrected chi connectivity index (χ3v) is 5.67. The smallest absolute Gasteiger partial charge is 0.304 e. The van der Waals surface area contributed by atoms with Gasteiger partial charge in [0.15, 0.2) is 6.04 Å². The number of nitrogens with zero attached hydrogens (tertiary/aromatic N) is 1. The summed E-state index contributed by atoms with van der Waals surface area (Å²) in [5, 5.41) is 2.91. The fourth-order valence-electron chi connectivity index (χ4n) is 3.89. The van der Waals surface area contributed by atoms with Crippen LogP contribution < -0.4 is 20.2 Å². The van der Waals surface area contributed by atoms with Crippen LogP contribution in [0.3, 0.4) is 0 Å². The number of hydrogen-bond donors (Lipinski definition) is 2. The van der Waals surface area contributed by atoms with Crippen LogP contribution in [0.5, 0.6) is 11.5 Å². The fraction of sp³-hybridized carbons (Fsp3) is 0.222. The highest BCUT2D eigenvalue weighted by Crippen LogP contribution is 2.26. The summed E-state index contributed by atoms with van der Waals surface area (Å²) in [6.07, 6.45) is 1.86. The molecule has 0 spiro atoms. The van der Waals surface area contributed by atoms with Gasteiger partial charge in [0.2, 0.25) is 12.3 Å². The van der Waals surface area contributed by atoms with Gasteiger partial charge in [-0.05, 0) is 62.4 Å². The van der Waals surface area contributed by atoms with Crippen LogP contribution in [-0.2, 0) is 4.79 Å². The van der Waals surface area contributed by atoms with Gasteiger partial charge in [0, 0.05) is 16.7 Å². The number of benzene rings is 3. The SMILES string of the molecule is CCOc1ccc(/C=[N+]2\NC(=O)[C@@H](NC(=O)c3ccc(OC)cc3)[C@H]2c2ccc(C)cc2)cc1. The molecule has 1 aliphatic rings. The van der Waals surface area contributed by atoms with Crippen molar-refractivity contribution < 1.29 is 23.7 Å². The van der Waals surface area contributed by atoms with E-state index >= 15 is 0 Å². The monoisotopic (exact) mass is 458 g/mol. The van der Waals surface area contributed by atoms with Crippen molar-refractivity contribution in [3.63, 3.8) is 0 Å². The van der Waals surface area contributed by atoms with Crippen LogP contribution in [0.1, 0.15) is 40.0 Å². The van der Waals surface area contributed by atoms with E-state index in [4.69, 9.17) is 9.47 Å². The number of aryl methyl sites for hydroxylation is 1. The van der Waals surface area contributed by atoms with Gasteiger partial charge in [0.25, 0.3) is 5.91 Å². The van der Waals surface area contributed by atoms with Crippen LogP contribution in [0.15, 0.2) is 72.8 Å². The molecule has 2 N–H and O–H groups in total. The molecule has 0 unspecified atom stereocenters. The first-order valence-corrected chi connectivity index (χ1v) is 11.2. The lowest BCUT2D eigenvalue weighted by molar-refractivity contribution is -0.596. The van der Waals surface area contributed by atoms with Crippen molar-refractivity contribution in [2.75, 3.05) is 13.7 Å². The lowest BCUT2D eigenvalue weighted by Gasteiger charge is -2.15. The fourth-order valence-corrected chi connectivity index (χ4v) is 3.89. The first kappa shape index (κ1) is 23.0. The topological polar surface area (TPSA) is 79.7 Å². The lowest BCUT2D eigenvalue weighted by atomic mass is 9.98. The van der Waals surface area contributed by atoms with E-state index in [0.29, 0.717) is 17.9 Å². The molecule has 3 aromatic rings. The van der Waals surface area contributed by atoms with E-state index in [-0.39, 0.29) is 11.8 Å². The Morgan fingerprint density at radius 2 is 1.65 bits per heavy atom. The highest BCUT2D eigenvalue weighted by molar-refractivity contribution is 5.98. The molecule has 0 aliphatic carbocycles. The maximum absolute atomic E-state index is 13.0. The summed E-state index contributed by atoms with van der Waals surface area (Å²) in [6.45, 7) is 4.54. The third-order valence-electron chi connectivity index (χ3n) is 5.67. The van der Waals surface area contributed by atoms with E-state index in [1.165, 1.54) is 0 Å². The average molecular weight is 459 g/mol. The Hall–Kier alpha value is -4.13. The van der Waals surface area contributed by atoms with E-state index in [1.807, 2.05) is 68.6 Å². The zero-order chi connectivity index (χ0) is 24.1. The molecule has 4 rings (SSSR count). The Morgan fingerprint density at radius 3 is 2.26 bits per heavy atom. The third kappa shape index (κ3) is 5.09. The first-order valence-electron chi connectivity index (χ1n) is 11.2. The molecule has 0 saturated carbocycles. The molecule has 2 amide bonds. The standard InChI is InChI=1S/C27H27N3O4/c1-4-34-23-13-7-19(8-14-23)17-30-25(20-9-5-18(2)6-10-20)24(27(32)29-30)28-26(31)21-11-15-22(33-3)16-12-21/h5-17,24-25H,4H2,1-3H3,(H-,28,29,31,32)/p+1/b30-17-/t24-,25+/m0/s1. The second-order valence-electron chi connectivity index (χ2n) is 8.05. The molecule has 0 radical (unpaired) electrons. The molecular weight excluding hydrogens is 430 g/mol. The summed E-state index contributed by atoms with van der Waals surface area (Å²) in [4.78, 5) is 26.0. The van der Waals surface area contributed by atoms with Crippen LogP contribution in [0.25, 0.3) is 0 Å². The lowest BCUT2D eigenvalue weighted by Crippen LogP contribution is -2.42. The summed E-state index contributed by atoms with van der Waals surface area (Å²) in [7, 11) is 1.57. The number of hydrogen-bond acceptors (Lipinski definition) is 4. The van der Waals surface area contributed by atoms with Crippen LogP contribution in [0, 0.1) is 6.92 Å². The first-order chi connectivity index (χ1) is 16.5. The number of rotatable bonds is 7. The number of ether oxygens (including phenoxy) is 2. The minimum atomic E-state index is -0.781. The van der Waals surface area contributed by atoms with Gasteiger partial charge in [0.1, 0.15) is 11.5 Å². The van der Waals surface area contributed by atoms with Crippen LogP contribution in [0.4, 0.5) is 0 Å². The molecule has 1 aliphatic heterocycles. The van der Waals surface area contributed by atoms with Crippen molar-refractivity contribution in [3.05, 3.63) is 95.1 Å². The van der Waals surface area contributed by atoms with E-state index in [0.717, 1.165) is 22.4 Å². The van der Waals surface area contributed by atoms with Gasteiger partial charge >= 0.3 is 5.91 Å². The highest BCUT2D eigenvalue weighted by atomic mass is 16.5. The number of amides is 2. The molecule has 3 aromatic carbocycles. The molecule has 7 heteroatoms. The number of hydrazone groups is 1. The molecular formula is C27H28N3O4+. The van der Waals surface area contributed by atoms with Crippen molar-refractivity contribution in [1.29, 1.82) is 0 Å². The van der Waals surface area contributed by atoms with Gasteiger partial charge in [-0.25, -0.2) is 0 Å².